The molecule has 10 atom stereocenters. The van der Waals surface area contributed by atoms with E-state index in [-0.39, 0.29) is 6.42 Å². The molecule has 0 radical (unpaired) electrons. The van der Waals surface area contributed by atoms with Gasteiger partial charge in [-0.3, -0.25) is 28.8 Å². The van der Waals surface area contributed by atoms with Crippen LogP contribution in [0.4, 0.5) is 0 Å². The summed E-state index contributed by atoms with van der Waals surface area (Å²) in [5.41, 5.74) is 0. The van der Waals surface area contributed by atoms with Gasteiger partial charge in [0.2, 0.25) is 0 Å². The Balaban J connectivity index is 2.63. The molecule has 0 aromatic heterocycles. The van der Waals surface area contributed by atoms with Crippen molar-refractivity contribution < 1.29 is 76.1 Å². The SMILES string of the molecule is CC[C@H]1O[C@@H](O[C@@H]2[C@H](OC(C)=O)[C@@H](OC(C)=O)[C@@H](OC)O[C@@H]2COC(C)=O)[C@H](OC(C)=O)[C@@H](OC(C)=O)[C@H]1OC(C)=O. The van der Waals surface area contributed by atoms with E-state index >= 15 is 0 Å². The third-order valence-corrected chi connectivity index (χ3v) is 6.07. The van der Waals surface area contributed by atoms with Crippen molar-refractivity contribution >= 4 is 35.8 Å². The van der Waals surface area contributed by atoms with Crippen molar-refractivity contribution in [2.24, 2.45) is 0 Å². The van der Waals surface area contributed by atoms with Crippen molar-refractivity contribution in [1.29, 1.82) is 0 Å². The number of esters is 6. The van der Waals surface area contributed by atoms with E-state index in [1.807, 2.05) is 0 Å². The second-order valence-electron chi connectivity index (χ2n) is 9.50. The predicted octanol–water partition coefficient (Wildman–Crippen LogP) is 0.0994. The maximum atomic E-state index is 12.2. The van der Waals surface area contributed by atoms with Gasteiger partial charge in [-0.1, -0.05) is 6.92 Å². The van der Waals surface area contributed by atoms with Crippen LogP contribution >= 0.6 is 0 Å². The second-order valence-corrected chi connectivity index (χ2v) is 9.50. The van der Waals surface area contributed by atoms with Crippen LogP contribution in [-0.2, 0) is 76.1 Å². The summed E-state index contributed by atoms with van der Waals surface area (Å²) in [6.07, 6.45) is -13.1. The monoisotopic (exact) mass is 606 g/mol. The molecule has 0 unspecified atom stereocenters. The van der Waals surface area contributed by atoms with E-state index in [0.29, 0.717) is 0 Å². The Morgan fingerprint density at radius 1 is 0.524 bits per heavy atom. The van der Waals surface area contributed by atoms with Gasteiger partial charge in [0.1, 0.15) is 24.9 Å². The van der Waals surface area contributed by atoms with Crippen molar-refractivity contribution in [1.82, 2.24) is 0 Å². The molecule has 16 nitrogen and oxygen atoms in total. The molecule has 0 saturated carbocycles. The van der Waals surface area contributed by atoms with Crippen LogP contribution in [0, 0.1) is 0 Å². The van der Waals surface area contributed by atoms with E-state index in [1.54, 1.807) is 6.92 Å². The van der Waals surface area contributed by atoms with Crippen LogP contribution in [0.25, 0.3) is 0 Å². The van der Waals surface area contributed by atoms with E-state index in [0.717, 1.165) is 41.5 Å². The fraction of sp³-hybridized carbons (Fsp3) is 0.769. The first-order valence-electron chi connectivity index (χ1n) is 13.2. The third-order valence-electron chi connectivity index (χ3n) is 6.07. The van der Waals surface area contributed by atoms with E-state index in [1.165, 1.54) is 7.11 Å². The zero-order valence-electron chi connectivity index (χ0n) is 24.7. The van der Waals surface area contributed by atoms with Gasteiger partial charge < -0.3 is 47.4 Å². The number of carbonyl (C=O) groups excluding carboxylic acids is 6. The summed E-state index contributed by atoms with van der Waals surface area (Å²) in [5.74, 6) is -4.56. The van der Waals surface area contributed by atoms with Gasteiger partial charge in [0.25, 0.3) is 0 Å². The van der Waals surface area contributed by atoms with E-state index in [4.69, 9.17) is 47.4 Å². The van der Waals surface area contributed by atoms with Crippen LogP contribution in [0.2, 0.25) is 0 Å². The lowest BCUT2D eigenvalue weighted by Gasteiger charge is -2.48. The fourth-order valence-corrected chi connectivity index (χ4v) is 4.66. The number of hydrogen-bond donors (Lipinski definition) is 0. The highest BCUT2D eigenvalue weighted by atomic mass is 16.8. The largest absolute Gasteiger partial charge is 0.463 e. The Morgan fingerprint density at radius 2 is 0.929 bits per heavy atom. The molecule has 42 heavy (non-hydrogen) atoms. The lowest BCUT2D eigenvalue weighted by Crippen LogP contribution is -2.66. The average molecular weight is 607 g/mol. The smallest absolute Gasteiger partial charge is 0.303 e. The van der Waals surface area contributed by atoms with Crippen LogP contribution in [0.5, 0.6) is 0 Å². The molecule has 2 aliphatic heterocycles. The molecule has 2 aliphatic rings. The van der Waals surface area contributed by atoms with E-state index in [2.05, 4.69) is 0 Å². The zero-order chi connectivity index (χ0) is 31.7. The Kier molecular flexibility index (Phi) is 13.1. The molecule has 0 aromatic carbocycles. The molecule has 2 fully saturated rings. The number of rotatable bonds is 11. The van der Waals surface area contributed by atoms with Gasteiger partial charge in [-0.15, -0.1) is 0 Å². The molecule has 0 spiro atoms. The minimum Gasteiger partial charge on any atom is -0.463 e. The molecule has 0 N–H and O–H groups in total. The summed E-state index contributed by atoms with van der Waals surface area (Å²) in [6, 6.07) is 0. The molecule has 0 amide bonds. The molecule has 0 bridgehead atoms. The van der Waals surface area contributed by atoms with Crippen molar-refractivity contribution in [2.45, 2.75) is 116 Å². The molecule has 2 rings (SSSR count). The van der Waals surface area contributed by atoms with Gasteiger partial charge in [0.05, 0.1) is 0 Å². The Labute approximate surface area is 242 Å². The first kappa shape index (κ1) is 34.9. The summed E-state index contributed by atoms with van der Waals surface area (Å²) in [4.78, 5) is 72.0. The van der Waals surface area contributed by atoms with Crippen molar-refractivity contribution in [3.8, 4) is 0 Å². The van der Waals surface area contributed by atoms with Crippen molar-refractivity contribution in [3.63, 3.8) is 0 Å². The van der Waals surface area contributed by atoms with Gasteiger partial charge >= 0.3 is 35.8 Å². The zero-order valence-corrected chi connectivity index (χ0v) is 24.7. The standard InChI is InChI=1S/C26H38O16/c1-9-17-19(35-12(3)28)21(36-13(4)29)24(39-16(7)32)26(40-17)42-20-18(10-34-11(2)27)41-25(33-8)23(38-15(6)31)22(20)37-14(5)30/h17-26H,9-10H2,1-8H3/t17-,18-,19+,20+,21+,22+,23-,24-,25+,26+/m1/s1. The highest BCUT2D eigenvalue weighted by Gasteiger charge is 2.57. The molecule has 2 saturated heterocycles. The maximum Gasteiger partial charge on any atom is 0.303 e. The minimum absolute atomic E-state index is 0.218. The molecule has 0 aliphatic carbocycles. The fourth-order valence-electron chi connectivity index (χ4n) is 4.66. The minimum atomic E-state index is -1.56. The Bertz CT molecular complexity index is 997. The molecular formula is C26H38O16. The van der Waals surface area contributed by atoms with Gasteiger partial charge in [0.15, 0.2) is 43.1 Å². The van der Waals surface area contributed by atoms with Crippen molar-refractivity contribution in [2.75, 3.05) is 13.7 Å². The molecule has 2 heterocycles. The van der Waals surface area contributed by atoms with E-state index < -0.39 is 104 Å². The summed E-state index contributed by atoms with van der Waals surface area (Å²) in [7, 11) is 1.25. The molecule has 16 heteroatoms. The number of carbonyl (C=O) groups is 6. The van der Waals surface area contributed by atoms with Gasteiger partial charge in [-0.2, -0.15) is 0 Å². The number of ether oxygens (including phenoxy) is 10. The lowest BCUT2D eigenvalue weighted by molar-refractivity contribution is -0.357. The molecular weight excluding hydrogens is 568 g/mol. The van der Waals surface area contributed by atoms with E-state index in [9.17, 15) is 28.8 Å². The van der Waals surface area contributed by atoms with Gasteiger partial charge in [0, 0.05) is 48.7 Å². The highest BCUT2D eigenvalue weighted by molar-refractivity contribution is 5.69. The van der Waals surface area contributed by atoms with Crippen LogP contribution in [0.15, 0.2) is 0 Å². The Morgan fingerprint density at radius 3 is 1.36 bits per heavy atom. The highest BCUT2D eigenvalue weighted by Crippen LogP contribution is 2.35. The van der Waals surface area contributed by atoms with Crippen LogP contribution < -0.4 is 0 Å². The van der Waals surface area contributed by atoms with Crippen molar-refractivity contribution in [3.05, 3.63) is 0 Å². The summed E-state index contributed by atoms with van der Waals surface area (Å²) in [5, 5.41) is 0. The third kappa shape index (κ3) is 9.61. The predicted molar refractivity (Wildman–Crippen MR) is 134 cm³/mol. The number of methoxy groups -OCH3 is 1. The molecule has 0 aromatic rings. The average Bonchev–Trinajstić information content (AvgIpc) is 2.86. The summed E-state index contributed by atoms with van der Waals surface area (Å²) >= 11 is 0. The quantitative estimate of drug-likeness (QED) is 0.227. The molecule has 238 valence electrons. The first-order valence-corrected chi connectivity index (χ1v) is 13.2. The first-order chi connectivity index (χ1) is 19.7. The summed E-state index contributed by atoms with van der Waals surface area (Å²) in [6.45, 7) is 7.98. The van der Waals surface area contributed by atoms with Crippen LogP contribution in [0.1, 0.15) is 54.9 Å². The topological polar surface area (TPSA) is 195 Å². The van der Waals surface area contributed by atoms with Crippen LogP contribution in [0.3, 0.4) is 0 Å². The lowest BCUT2D eigenvalue weighted by atomic mass is 9.95. The normalized spacial score (nSPS) is 32.6. The maximum absolute atomic E-state index is 12.2. The summed E-state index contributed by atoms with van der Waals surface area (Å²) < 4.78 is 55.8. The number of hydrogen-bond acceptors (Lipinski definition) is 16. The van der Waals surface area contributed by atoms with Gasteiger partial charge in [-0.25, -0.2) is 0 Å². The van der Waals surface area contributed by atoms with Gasteiger partial charge in [-0.05, 0) is 6.42 Å². The second kappa shape index (κ2) is 15.8. The van der Waals surface area contributed by atoms with Crippen LogP contribution in [-0.4, -0.2) is 111 Å². The Hall–Kier alpha value is -3.34.